The Morgan fingerprint density at radius 2 is 2.05 bits per heavy atom. The summed E-state index contributed by atoms with van der Waals surface area (Å²) < 4.78 is 0.917. The first kappa shape index (κ1) is 16.7. The highest BCUT2D eigenvalue weighted by molar-refractivity contribution is 9.10. The van der Waals surface area contributed by atoms with E-state index in [9.17, 15) is 9.59 Å². The zero-order chi connectivity index (χ0) is 15.3. The fourth-order valence-electron chi connectivity index (χ4n) is 1.90. The second-order valence-corrected chi connectivity index (χ2v) is 6.41. The molecular weight excluding hydrogens is 322 g/mol. The Labute approximate surface area is 127 Å². The second-order valence-electron chi connectivity index (χ2n) is 5.50. The molecule has 1 rings (SSSR count). The van der Waals surface area contributed by atoms with Crippen molar-refractivity contribution in [1.29, 1.82) is 0 Å². The monoisotopic (exact) mass is 341 g/mol. The maximum absolute atomic E-state index is 12.1. The molecule has 1 atom stereocenters. The molecule has 0 heterocycles. The van der Waals surface area contributed by atoms with Gasteiger partial charge < -0.3 is 10.4 Å². The van der Waals surface area contributed by atoms with Crippen molar-refractivity contribution in [3.05, 3.63) is 34.3 Å². The van der Waals surface area contributed by atoms with Crippen LogP contribution in [-0.2, 0) is 16.0 Å². The predicted molar refractivity (Wildman–Crippen MR) is 81.5 cm³/mol. The van der Waals surface area contributed by atoms with Crippen LogP contribution in [0, 0.1) is 5.92 Å². The Kier molecular flexibility index (Phi) is 5.74. The first-order valence-corrected chi connectivity index (χ1v) is 7.29. The molecule has 5 heteroatoms. The van der Waals surface area contributed by atoms with Gasteiger partial charge in [0.25, 0.3) is 0 Å². The summed E-state index contributed by atoms with van der Waals surface area (Å²) in [6, 6.07) is 7.51. The molecule has 1 amide bonds. The summed E-state index contributed by atoms with van der Waals surface area (Å²) >= 11 is 3.36. The zero-order valence-corrected chi connectivity index (χ0v) is 13.5. The van der Waals surface area contributed by atoms with E-state index in [4.69, 9.17) is 5.11 Å². The van der Waals surface area contributed by atoms with Crippen LogP contribution < -0.4 is 5.32 Å². The van der Waals surface area contributed by atoms with Crippen molar-refractivity contribution in [2.45, 2.75) is 39.2 Å². The van der Waals surface area contributed by atoms with Gasteiger partial charge in [0.2, 0.25) is 5.91 Å². The summed E-state index contributed by atoms with van der Waals surface area (Å²) in [6.45, 7) is 5.58. The van der Waals surface area contributed by atoms with E-state index >= 15 is 0 Å². The van der Waals surface area contributed by atoms with Gasteiger partial charge in [-0.1, -0.05) is 41.9 Å². The van der Waals surface area contributed by atoms with Crippen molar-refractivity contribution in [2.24, 2.45) is 5.92 Å². The minimum atomic E-state index is -0.913. The zero-order valence-electron chi connectivity index (χ0n) is 11.9. The van der Waals surface area contributed by atoms with Crippen LogP contribution in [0.1, 0.15) is 32.8 Å². The minimum absolute atomic E-state index is 0.0325. The van der Waals surface area contributed by atoms with Crippen molar-refractivity contribution in [3.63, 3.8) is 0 Å². The Hall–Kier alpha value is -1.36. The van der Waals surface area contributed by atoms with Crippen molar-refractivity contribution in [1.82, 2.24) is 5.32 Å². The Morgan fingerprint density at radius 3 is 2.55 bits per heavy atom. The molecule has 1 aromatic rings. The molecule has 0 bridgehead atoms. The molecule has 4 nitrogen and oxygen atoms in total. The molecule has 0 aliphatic carbocycles. The summed E-state index contributed by atoms with van der Waals surface area (Å²) in [4.78, 5) is 23.1. The lowest BCUT2D eigenvalue weighted by Gasteiger charge is -2.33. The lowest BCUT2D eigenvalue weighted by molar-refractivity contribution is -0.139. The molecular formula is C15H20BrNO3. The molecule has 0 saturated heterocycles. The molecule has 2 N–H and O–H groups in total. The highest BCUT2D eigenvalue weighted by atomic mass is 79.9. The standard InChI is InChI=1S/C15H20BrNO3/c1-10(2)15(3,9-14(19)20)17-13(18)8-11-5-4-6-12(16)7-11/h4-7,10H,8-9H2,1-3H3,(H,17,18)(H,19,20). The number of carbonyl (C=O) groups excluding carboxylic acids is 1. The van der Waals surface area contributed by atoms with Crippen LogP contribution in [-0.4, -0.2) is 22.5 Å². The third-order valence-corrected chi connectivity index (χ3v) is 3.96. The molecule has 0 fully saturated rings. The van der Waals surface area contributed by atoms with Gasteiger partial charge >= 0.3 is 5.97 Å². The average molecular weight is 342 g/mol. The number of carboxylic acid groups (broad SMARTS) is 1. The number of carbonyl (C=O) groups is 2. The van der Waals surface area contributed by atoms with Crippen LogP contribution in [0.5, 0.6) is 0 Å². The van der Waals surface area contributed by atoms with Gasteiger partial charge in [-0.05, 0) is 30.5 Å². The van der Waals surface area contributed by atoms with Gasteiger partial charge in [0.1, 0.15) is 0 Å². The second kappa shape index (κ2) is 6.88. The van der Waals surface area contributed by atoms with E-state index in [1.165, 1.54) is 0 Å². The van der Waals surface area contributed by atoms with Gasteiger partial charge in [-0.15, -0.1) is 0 Å². The van der Waals surface area contributed by atoms with E-state index < -0.39 is 11.5 Å². The third kappa shape index (κ3) is 4.96. The number of rotatable bonds is 6. The number of hydrogen-bond acceptors (Lipinski definition) is 2. The number of amides is 1. The maximum atomic E-state index is 12.1. The molecule has 0 aliphatic heterocycles. The van der Waals surface area contributed by atoms with Crippen LogP contribution in [0.4, 0.5) is 0 Å². The quantitative estimate of drug-likeness (QED) is 0.835. The summed E-state index contributed by atoms with van der Waals surface area (Å²) in [5.41, 5.74) is 0.146. The van der Waals surface area contributed by atoms with E-state index in [1.54, 1.807) is 6.92 Å². The Morgan fingerprint density at radius 1 is 1.40 bits per heavy atom. The van der Waals surface area contributed by atoms with Crippen LogP contribution in [0.3, 0.4) is 0 Å². The molecule has 0 aromatic heterocycles. The predicted octanol–water partition coefficient (Wildman–Crippen LogP) is 3.00. The molecule has 110 valence electrons. The van der Waals surface area contributed by atoms with Crippen molar-refractivity contribution < 1.29 is 14.7 Å². The van der Waals surface area contributed by atoms with Gasteiger partial charge in [-0.2, -0.15) is 0 Å². The highest BCUT2D eigenvalue weighted by Crippen LogP contribution is 2.21. The fourth-order valence-corrected chi connectivity index (χ4v) is 2.35. The molecule has 0 radical (unpaired) electrons. The molecule has 0 aliphatic rings. The van der Waals surface area contributed by atoms with Crippen molar-refractivity contribution >= 4 is 27.8 Å². The summed E-state index contributed by atoms with van der Waals surface area (Å²) in [7, 11) is 0. The Bertz CT molecular complexity index is 502. The highest BCUT2D eigenvalue weighted by Gasteiger charge is 2.32. The van der Waals surface area contributed by atoms with Gasteiger partial charge in [0, 0.05) is 10.0 Å². The van der Waals surface area contributed by atoms with Gasteiger partial charge in [0.05, 0.1) is 12.8 Å². The number of carboxylic acids is 1. The van der Waals surface area contributed by atoms with Crippen LogP contribution in [0.15, 0.2) is 28.7 Å². The molecule has 0 spiro atoms. The topological polar surface area (TPSA) is 66.4 Å². The molecule has 1 aromatic carbocycles. The first-order valence-electron chi connectivity index (χ1n) is 6.50. The van der Waals surface area contributed by atoms with E-state index in [0.29, 0.717) is 0 Å². The number of hydrogen-bond donors (Lipinski definition) is 2. The largest absolute Gasteiger partial charge is 0.481 e. The summed E-state index contributed by atoms with van der Waals surface area (Å²) in [6.07, 6.45) is 0.149. The number of nitrogens with one attached hydrogen (secondary N) is 1. The first-order chi connectivity index (χ1) is 9.23. The van der Waals surface area contributed by atoms with Gasteiger partial charge in [-0.3, -0.25) is 9.59 Å². The van der Waals surface area contributed by atoms with Crippen LogP contribution >= 0.6 is 15.9 Å². The van der Waals surface area contributed by atoms with Crippen molar-refractivity contribution in [2.75, 3.05) is 0 Å². The summed E-state index contributed by atoms with van der Waals surface area (Å²) in [5, 5.41) is 11.8. The van der Waals surface area contributed by atoms with Gasteiger partial charge in [-0.25, -0.2) is 0 Å². The Balaban J connectivity index is 2.74. The smallest absolute Gasteiger partial charge is 0.305 e. The third-order valence-electron chi connectivity index (χ3n) is 3.47. The lowest BCUT2D eigenvalue weighted by Crippen LogP contribution is -2.51. The fraction of sp³-hybridized carbons (Fsp3) is 0.467. The normalized spacial score (nSPS) is 13.8. The van der Waals surface area contributed by atoms with Gasteiger partial charge in [0.15, 0.2) is 0 Å². The van der Waals surface area contributed by atoms with Crippen LogP contribution in [0.25, 0.3) is 0 Å². The van der Waals surface area contributed by atoms with Crippen molar-refractivity contribution in [3.8, 4) is 0 Å². The van der Waals surface area contributed by atoms with E-state index in [1.807, 2.05) is 38.1 Å². The van der Waals surface area contributed by atoms with Crippen LogP contribution in [0.2, 0.25) is 0 Å². The lowest BCUT2D eigenvalue weighted by atomic mass is 9.85. The molecule has 20 heavy (non-hydrogen) atoms. The SMILES string of the molecule is CC(C)C(C)(CC(=O)O)NC(=O)Cc1cccc(Br)c1. The minimum Gasteiger partial charge on any atom is -0.481 e. The average Bonchev–Trinajstić information content (AvgIpc) is 2.26. The molecule has 1 unspecified atom stereocenters. The van der Waals surface area contributed by atoms with E-state index in [2.05, 4.69) is 21.2 Å². The number of benzene rings is 1. The van der Waals surface area contributed by atoms with E-state index in [-0.39, 0.29) is 24.7 Å². The summed E-state index contributed by atoms with van der Waals surface area (Å²) in [5.74, 6) is -1.05. The maximum Gasteiger partial charge on any atom is 0.305 e. The number of halogens is 1. The van der Waals surface area contributed by atoms with E-state index in [0.717, 1.165) is 10.0 Å². The number of aliphatic carboxylic acids is 1. The molecule has 0 saturated carbocycles.